The molecular formula is C7H16ClNO2. The van der Waals surface area contributed by atoms with Crippen LogP contribution in [0.15, 0.2) is 0 Å². The van der Waals surface area contributed by atoms with Crippen LogP contribution in [-0.4, -0.2) is 18.6 Å². The standard InChI is InChI=1S/C7H15NO2.ClH/c1-5(2)7(9)10-6(3)4-8;/h5-6H,4,8H2,1-3H3;1H. The molecule has 11 heavy (non-hydrogen) atoms. The number of carbonyl (C=O) groups is 1. The first-order valence-corrected chi connectivity index (χ1v) is 3.48. The molecule has 0 aromatic heterocycles. The zero-order chi connectivity index (χ0) is 8.15. The van der Waals surface area contributed by atoms with Crippen molar-refractivity contribution in [1.29, 1.82) is 0 Å². The van der Waals surface area contributed by atoms with E-state index in [0.717, 1.165) is 0 Å². The number of hydrogen-bond donors (Lipinski definition) is 1. The molecule has 4 heteroatoms. The van der Waals surface area contributed by atoms with Gasteiger partial charge in [-0.2, -0.15) is 0 Å². The van der Waals surface area contributed by atoms with E-state index in [0.29, 0.717) is 6.54 Å². The summed E-state index contributed by atoms with van der Waals surface area (Å²) in [7, 11) is 0. The van der Waals surface area contributed by atoms with Crippen LogP contribution in [0.4, 0.5) is 0 Å². The quantitative estimate of drug-likeness (QED) is 0.660. The van der Waals surface area contributed by atoms with Gasteiger partial charge in [-0.3, -0.25) is 4.79 Å². The Morgan fingerprint density at radius 2 is 1.91 bits per heavy atom. The van der Waals surface area contributed by atoms with Crippen molar-refractivity contribution in [2.45, 2.75) is 26.9 Å². The minimum atomic E-state index is -0.182. The summed E-state index contributed by atoms with van der Waals surface area (Å²) in [6.07, 6.45) is -0.158. The predicted octanol–water partition coefficient (Wildman–Crippen LogP) is 0.955. The summed E-state index contributed by atoms with van der Waals surface area (Å²) in [4.78, 5) is 10.8. The summed E-state index contributed by atoms with van der Waals surface area (Å²) in [6.45, 7) is 5.76. The van der Waals surface area contributed by atoms with Crippen LogP contribution >= 0.6 is 12.4 Å². The van der Waals surface area contributed by atoms with Crippen LogP contribution < -0.4 is 5.73 Å². The molecule has 0 bridgehead atoms. The summed E-state index contributed by atoms with van der Waals surface area (Å²) in [5, 5.41) is 0. The van der Waals surface area contributed by atoms with Gasteiger partial charge in [0.25, 0.3) is 0 Å². The van der Waals surface area contributed by atoms with Crippen molar-refractivity contribution in [3.63, 3.8) is 0 Å². The molecule has 0 amide bonds. The highest BCUT2D eigenvalue weighted by molar-refractivity contribution is 5.85. The Morgan fingerprint density at radius 1 is 1.45 bits per heavy atom. The molecule has 0 aromatic carbocycles. The molecule has 0 fully saturated rings. The van der Waals surface area contributed by atoms with Gasteiger partial charge in [0.1, 0.15) is 6.10 Å². The van der Waals surface area contributed by atoms with Gasteiger partial charge in [-0.05, 0) is 6.92 Å². The first-order chi connectivity index (χ1) is 4.57. The van der Waals surface area contributed by atoms with E-state index < -0.39 is 0 Å². The van der Waals surface area contributed by atoms with Gasteiger partial charge in [-0.25, -0.2) is 0 Å². The van der Waals surface area contributed by atoms with E-state index in [4.69, 9.17) is 10.5 Å². The first-order valence-electron chi connectivity index (χ1n) is 3.48. The maximum Gasteiger partial charge on any atom is 0.308 e. The summed E-state index contributed by atoms with van der Waals surface area (Å²) in [5.74, 6) is -0.244. The predicted molar refractivity (Wildman–Crippen MR) is 46.7 cm³/mol. The molecule has 0 aliphatic rings. The molecule has 1 atom stereocenters. The highest BCUT2D eigenvalue weighted by Gasteiger charge is 2.10. The smallest absolute Gasteiger partial charge is 0.308 e. The van der Waals surface area contributed by atoms with Gasteiger partial charge in [0.15, 0.2) is 0 Å². The van der Waals surface area contributed by atoms with E-state index in [1.54, 1.807) is 20.8 Å². The molecule has 0 saturated carbocycles. The van der Waals surface area contributed by atoms with E-state index in [-0.39, 0.29) is 30.4 Å². The summed E-state index contributed by atoms with van der Waals surface area (Å²) in [5.41, 5.74) is 5.24. The lowest BCUT2D eigenvalue weighted by atomic mass is 10.2. The first kappa shape index (κ1) is 13.3. The Kier molecular flexibility index (Phi) is 7.79. The van der Waals surface area contributed by atoms with E-state index in [1.807, 2.05) is 0 Å². The third kappa shape index (κ3) is 6.13. The minimum Gasteiger partial charge on any atom is -0.461 e. The largest absolute Gasteiger partial charge is 0.461 e. The fraction of sp³-hybridized carbons (Fsp3) is 0.857. The summed E-state index contributed by atoms with van der Waals surface area (Å²) < 4.78 is 4.90. The van der Waals surface area contributed by atoms with E-state index in [1.165, 1.54) is 0 Å². The second-order valence-corrected chi connectivity index (χ2v) is 2.64. The molecule has 68 valence electrons. The van der Waals surface area contributed by atoms with Crippen molar-refractivity contribution in [3.05, 3.63) is 0 Å². The van der Waals surface area contributed by atoms with Crippen molar-refractivity contribution in [3.8, 4) is 0 Å². The lowest BCUT2D eigenvalue weighted by Crippen LogP contribution is -2.25. The van der Waals surface area contributed by atoms with Crippen LogP contribution in [0.3, 0.4) is 0 Å². The lowest BCUT2D eigenvalue weighted by molar-refractivity contribution is -0.151. The second-order valence-electron chi connectivity index (χ2n) is 2.64. The van der Waals surface area contributed by atoms with Gasteiger partial charge in [0.2, 0.25) is 0 Å². The molecule has 1 unspecified atom stereocenters. The van der Waals surface area contributed by atoms with Crippen LogP contribution in [0, 0.1) is 5.92 Å². The SMILES string of the molecule is CC(CN)OC(=O)C(C)C.Cl. The third-order valence-corrected chi connectivity index (χ3v) is 1.12. The Labute approximate surface area is 73.7 Å². The van der Waals surface area contributed by atoms with Gasteiger partial charge < -0.3 is 10.5 Å². The Hall–Kier alpha value is -0.280. The normalized spacial score (nSPS) is 12.1. The molecule has 2 N–H and O–H groups in total. The maximum atomic E-state index is 10.8. The Balaban J connectivity index is 0. The Morgan fingerprint density at radius 3 is 2.18 bits per heavy atom. The number of rotatable bonds is 3. The fourth-order valence-corrected chi connectivity index (χ4v) is 0.382. The number of nitrogens with two attached hydrogens (primary N) is 1. The van der Waals surface area contributed by atoms with Gasteiger partial charge >= 0.3 is 5.97 Å². The average Bonchev–Trinajstić information content (AvgIpc) is 1.87. The molecule has 0 rings (SSSR count). The second kappa shape index (κ2) is 6.43. The zero-order valence-electron chi connectivity index (χ0n) is 7.16. The minimum absolute atomic E-state index is 0. The van der Waals surface area contributed by atoms with Gasteiger partial charge in [0.05, 0.1) is 5.92 Å². The molecule has 0 aliphatic carbocycles. The number of halogens is 1. The molecule has 0 radical (unpaired) electrons. The number of esters is 1. The zero-order valence-corrected chi connectivity index (χ0v) is 7.98. The number of hydrogen-bond acceptors (Lipinski definition) is 3. The van der Waals surface area contributed by atoms with Crippen LogP contribution in [0.5, 0.6) is 0 Å². The van der Waals surface area contributed by atoms with Gasteiger partial charge in [0, 0.05) is 6.54 Å². The summed E-state index contributed by atoms with van der Waals surface area (Å²) >= 11 is 0. The Bertz CT molecular complexity index is 117. The summed E-state index contributed by atoms with van der Waals surface area (Å²) in [6, 6.07) is 0. The van der Waals surface area contributed by atoms with Crippen LogP contribution in [0.2, 0.25) is 0 Å². The molecule has 0 aliphatic heterocycles. The average molecular weight is 182 g/mol. The highest BCUT2D eigenvalue weighted by atomic mass is 35.5. The molecule has 0 spiro atoms. The fourth-order valence-electron chi connectivity index (χ4n) is 0.382. The van der Waals surface area contributed by atoms with Crippen molar-refractivity contribution in [2.75, 3.05) is 6.54 Å². The lowest BCUT2D eigenvalue weighted by Gasteiger charge is -2.11. The van der Waals surface area contributed by atoms with Crippen LogP contribution in [0.1, 0.15) is 20.8 Å². The third-order valence-electron chi connectivity index (χ3n) is 1.12. The van der Waals surface area contributed by atoms with Gasteiger partial charge in [-0.15, -0.1) is 12.4 Å². The molecule has 3 nitrogen and oxygen atoms in total. The molecule has 0 heterocycles. The molecular weight excluding hydrogens is 166 g/mol. The van der Waals surface area contributed by atoms with Crippen LogP contribution in [-0.2, 0) is 9.53 Å². The number of carbonyl (C=O) groups excluding carboxylic acids is 1. The van der Waals surface area contributed by atoms with Crippen molar-refractivity contribution < 1.29 is 9.53 Å². The molecule has 0 aromatic rings. The van der Waals surface area contributed by atoms with Crippen molar-refractivity contribution >= 4 is 18.4 Å². The van der Waals surface area contributed by atoms with Crippen molar-refractivity contribution in [1.82, 2.24) is 0 Å². The van der Waals surface area contributed by atoms with Crippen LogP contribution in [0.25, 0.3) is 0 Å². The van der Waals surface area contributed by atoms with E-state index >= 15 is 0 Å². The maximum absolute atomic E-state index is 10.8. The van der Waals surface area contributed by atoms with E-state index in [9.17, 15) is 4.79 Å². The van der Waals surface area contributed by atoms with E-state index in [2.05, 4.69) is 0 Å². The van der Waals surface area contributed by atoms with Gasteiger partial charge in [-0.1, -0.05) is 13.8 Å². The molecule has 0 saturated heterocycles. The highest BCUT2D eigenvalue weighted by Crippen LogP contribution is 1.98. The monoisotopic (exact) mass is 181 g/mol. The topological polar surface area (TPSA) is 52.3 Å². The van der Waals surface area contributed by atoms with Crippen molar-refractivity contribution in [2.24, 2.45) is 11.7 Å². The number of ether oxygens (including phenoxy) is 1.